The van der Waals surface area contributed by atoms with Gasteiger partial charge >= 0.3 is 0 Å². The normalized spacial score (nSPS) is 19.9. The molecule has 0 amide bonds. The first-order valence-corrected chi connectivity index (χ1v) is 7.07. The number of pyridine rings is 1. The van der Waals surface area contributed by atoms with Gasteiger partial charge in [-0.15, -0.1) is 0 Å². The van der Waals surface area contributed by atoms with Gasteiger partial charge < -0.3 is 10.1 Å². The second kappa shape index (κ2) is 4.11. The van der Waals surface area contributed by atoms with E-state index in [1.165, 1.54) is 0 Å². The number of rotatable bonds is 3. The summed E-state index contributed by atoms with van der Waals surface area (Å²) in [4.78, 5) is 4.52. The molecule has 1 N–H and O–H groups in total. The minimum Gasteiger partial charge on any atom is -0.497 e. The molecule has 3 heteroatoms. The van der Waals surface area contributed by atoms with Crippen LogP contribution in [0.15, 0.2) is 30.5 Å². The Morgan fingerprint density at radius 3 is 2.40 bits per heavy atom. The number of fused-ring (bicyclic) bond motifs is 1. The Morgan fingerprint density at radius 1 is 1.10 bits per heavy atom. The number of hydrogen-bond donors (Lipinski definition) is 1. The molecule has 1 heterocycles. The lowest BCUT2D eigenvalue weighted by Gasteiger charge is -2.11. The van der Waals surface area contributed by atoms with Gasteiger partial charge in [0.2, 0.25) is 0 Å². The van der Waals surface area contributed by atoms with Crippen LogP contribution in [-0.2, 0) is 0 Å². The van der Waals surface area contributed by atoms with E-state index in [1.807, 2.05) is 24.4 Å². The summed E-state index contributed by atoms with van der Waals surface area (Å²) >= 11 is 0. The molecule has 20 heavy (non-hydrogen) atoms. The molecule has 1 aromatic heterocycles. The highest BCUT2D eigenvalue weighted by Crippen LogP contribution is 2.63. The number of hydrogen-bond acceptors (Lipinski definition) is 3. The lowest BCUT2D eigenvalue weighted by Crippen LogP contribution is -2.11. The van der Waals surface area contributed by atoms with Gasteiger partial charge in [0.15, 0.2) is 0 Å². The molecule has 0 radical (unpaired) electrons. The van der Waals surface area contributed by atoms with Gasteiger partial charge in [-0.3, -0.25) is 0 Å². The third-order valence-electron chi connectivity index (χ3n) is 5.27. The average molecular weight is 270 g/mol. The Morgan fingerprint density at radius 2 is 1.80 bits per heavy atom. The highest BCUT2D eigenvalue weighted by Gasteiger charge is 2.65. The summed E-state index contributed by atoms with van der Waals surface area (Å²) < 4.78 is 5.28. The highest BCUT2D eigenvalue weighted by molar-refractivity contribution is 5.92. The zero-order valence-electron chi connectivity index (χ0n) is 12.8. The fourth-order valence-corrected chi connectivity index (χ4v) is 3.09. The number of methoxy groups -OCH3 is 1. The van der Waals surface area contributed by atoms with E-state index in [4.69, 9.17) is 4.74 Å². The van der Waals surface area contributed by atoms with Crippen molar-refractivity contribution in [2.24, 2.45) is 10.8 Å². The van der Waals surface area contributed by atoms with Crippen molar-refractivity contribution in [3.05, 3.63) is 30.5 Å². The van der Waals surface area contributed by atoms with Crippen molar-refractivity contribution in [3.63, 3.8) is 0 Å². The molecule has 0 aliphatic heterocycles. The molecule has 1 aromatic carbocycles. The Kier molecular flexibility index (Phi) is 2.72. The van der Waals surface area contributed by atoms with E-state index in [9.17, 15) is 0 Å². The van der Waals surface area contributed by atoms with Crippen LogP contribution in [0.2, 0.25) is 0 Å². The molecule has 3 nitrogen and oxygen atoms in total. The first-order chi connectivity index (χ1) is 9.38. The Balaban J connectivity index is 1.97. The largest absolute Gasteiger partial charge is 0.497 e. The van der Waals surface area contributed by atoms with Crippen molar-refractivity contribution in [2.45, 2.75) is 33.7 Å². The van der Waals surface area contributed by atoms with Gasteiger partial charge in [0.05, 0.1) is 7.11 Å². The summed E-state index contributed by atoms with van der Waals surface area (Å²) in [5.74, 6) is 1.84. The minimum absolute atomic E-state index is 0.295. The molecular weight excluding hydrogens is 248 g/mol. The zero-order valence-corrected chi connectivity index (χ0v) is 12.8. The van der Waals surface area contributed by atoms with Crippen molar-refractivity contribution >= 4 is 16.6 Å². The predicted octanol–water partition coefficient (Wildman–Crippen LogP) is 4.09. The van der Waals surface area contributed by atoms with Crippen LogP contribution in [0.4, 0.5) is 5.82 Å². The molecule has 1 aliphatic carbocycles. The summed E-state index contributed by atoms with van der Waals surface area (Å²) in [7, 11) is 1.69. The fraction of sp³-hybridized carbons (Fsp3) is 0.471. The topological polar surface area (TPSA) is 34.1 Å². The summed E-state index contributed by atoms with van der Waals surface area (Å²) in [5.41, 5.74) is 0.590. The second-order valence-corrected chi connectivity index (χ2v) is 6.77. The van der Waals surface area contributed by atoms with Crippen LogP contribution in [-0.4, -0.2) is 18.1 Å². The zero-order chi connectivity index (χ0) is 14.5. The molecule has 3 rings (SSSR count). The van der Waals surface area contributed by atoms with Crippen molar-refractivity contribution in [1.29, 1.82) is 0 Å². The smallest absolute Gasteiger partial charge is 0.134 e. The SMILES string of the molecule is COc1ccc2c(NC3C(C)(C)C3(C)C)nccc2c1. The van der Waals surface area contributed by atoms with Gasteiger partial charge in [0.1, 0.15) is 11.6 Å². The summed E-state index contributed by atoms with van der Waals surface area (Å²) in [5, 5.41) is 5.92. The monoisotopic (exact) mass is 270 g/mol. The van der Waals surface area contributed by atoms with Crippen LogP contribution in [0.5, 0.6) is 5.75 Å². The van der Waals surface area contributed by atoms with Crippen LogP contribution in [0, 0.1) is 10.8 Å². The van der Waals surface area contributed by atoms with E-state index < -0.39 is 0 Å². The summed E-state index contributed by atoms with van der Waals surface area (Å²) in [6.45, 7) is 9.22. The van der Waals surface area contributed by atoms with Crippen LogP contribution >= 0.6 is 0 Å². The molecule has 0 saturated heterocycles. The molecule has 0 spiro atoms. The molecular formula is C17H22N2O. The van der Waals surface area contributed by atoms with Gasteiger partial charge in [-0.2, -0.15) is 0 Å². The van der Waals surface area contributed by atoms with Crippen molar-refractivity contribution in [1.82, 2.24) is 4.98 Å². The Bertz CT molecular complexity index is 647. The standard InChI is InChI=1S/C17H22N2O/c1-16(2)15(17(16,3)4)19-14-13-7-6-12(20-5)10-11(13)8-9-18-14/h6-10,15H,1-5H3,(H,18,19). The predicted molar refractivity (Wildman–Crippen MR) is 83.3 cm³/mol. The van der Waals surface area contributed by atoms with Gasteiger partial charge in [-0.05, 0) is 40.5 Å². The number of anilines is 1. The molecule has 0 atom stereocenters. The first kappa shape index (κ1) is 13.2. The van der Waals surface area contributed by atoms with Gasteiger partial charge in [-0.25, -0.2) is 4.98 Å². The van der Waals surface area contributed by atoms with Gasteiger partial charge in [-0.1, -0.05) is 27.7 Å². The Hall–Kier alpha value is -1.77. The van der Waals surface area contributed by atoms with Crippen molar-refractivity contribution in [3.8, 4) is 5.75 Å². The van der Waals surface area contributed by atoms with E-state index in [-0.39, 0.29) is 0 Å². The maximum Gasteiger partial charge on any atom is 0.134 e. The number of benzene rings is 1. The van der Waals surface area contributed by atoms with Crippen molar-refractivity contribution < 1.29 is 4.74 Å². The molecule has 1 saturated carbocycles. The van der Waals surface area contributed by atoms with Crippen LogP contribution < -0.4 is 10.1 Å². The number of aromatic nitrogens is 1. The average Bonchev–Trinajstić information content (AvgIpc) is 2.80. The number of ether oxygens (including phenoxy) is 1. The Labute approximate surface area is 120 Å². The highest BCUT2D eigenvalue weighted by atomic mass is 16.5. The van der Waals surface area contributed by atoms with Gasteiger partial charge in [0.25, 0.3) is 0 Å². The van der Waals surface area contributed by atoms with E-state index in [1.54, 1.807) is 7.11 Å². The molecule has 106 valence electrons. The third-order valence-corrected chi connectivity index (χ3v) is 5.27. The molecule has 2 aromatic rings. The third kappa shape index (κ3) is 1.76. The summed E-state index contributed by atoms with van der Waals surface area (Å²) in [6.07, 6.45) is 1.85. The minimum atomic E-state index is 0.295. The van der Waals surface area contributed by atoms with E-state index in [0.717, 1.165) is 22.3 Å². The van der Waals surface area contributed by atoms with E-state index in [2.05, 4.69) is 44.1 Å². The number of nitrogens with zero attached hydrogens (tertiary/aromatic N) is 1. The lowest BCUT2D eigenvalue weighted by atomic mass is 10.0. The summed E-state index contributed by atoms with van der Waals surface area (Å²) in [6, 6.07) is 8.58. The first-order valence-electron chi connectivity index (χ1n) is 7.07. The van der Waals surface area contributed by atoms with E-state index in [0.29, 0.717) is 16.9 Å². The second-order valence-electron chi connectivity index (χ2n) is 6.77. The quantitative estimate of drug-likeness (QED) is 0.912. The lowest BCUT2D eigenvalue weighted by molar-refractivity contribution is 0.415. The molecule has 1 aliphatic rings. The molecule has 0 unspecified atom stereocenters. The van der Waals surface area contributed by atoms with Crippen LogP contribution in [0.1, 0.15) is 27.7 Å². The van der Waals surface area contributed by atoms with Gasteiger partial charge in [0, 0.05) is 17.6 Å². The van der Waals surface area contributed by atoms with Crippen LogP contribution in [0.25, 0.3) is 10.8 Å². The van der Waals surface area contributed by atoms with Crippen molar-refractivity contribution in [2.75, 3.05) is 12.4 Å². The number of nitrogens with one attached hydrogen (secondary N) is 1. The van der Waals surface area contributed by atoms with Crippen LogP contribution in [0.3, 0.4) is 0 Å². The van der Waals surface area contributed by atoms with E-state index >= 15 is 0 Å². The maximum absolute atomic E-state index is 5.28. The molecule has 1 fully saturated rings. The fourth-order valence-electron chi connectivity index (χ4n) is 3.09. The maximum atomic E-state index is 5.28. The molecule has 0 bridgehead atoms.